The van der Waals surface area contributed by atoms with E-state index in [1.165, 1.54) is 18.0 Å². The van der Waals surface area contributed by atoms with Crippen molar-refractivity contribution in [3.05, 3.63) is 34.9 Å². The molecule has 0 fully saturated rings. The molecule has 3 amide bonds. The zero-order valence-electron chi connectivity index (χ0n) is 13.6. The molecule has 0 aliphatic heterocycles. The standard InChI is InChI=1S/C16H22ClN3O3/c1-4-20(5-2)15(22)11-19(3)14(21)10-18-16(23)12-7-6-8-13(17)9-12/h6-9H,4-5,10-11H2,1-3H3,(H,18,23). The first kappa shape index (κ1) is 19.0. The summed E-state index contributed by atoms with van der Waals surface area (Å²) in [5, 5.41) is 2.97. The largest absolute Gasteiger partial charge is 0.343 e. The second-order valence-corrected chi connectivity index (χ2v) is 5.45. The molecule has 1 aromatic carbocycles. The molecule has 0 saturated heterocycles. The van der Waals surface area contributed by atoms with Crippen LogP contribution in [0, 0.1) is 0 Å². The van der Waals surface area contributed by atoms with E-state index >= 15 is 0 Å². The molecule has 0 aromatic heterocycles. The Morgan fingerprint density at radius 2 is 1.78 bits per heavy atom. The molecule has 0 spiro atoms. The first-order valence-electron chi connectivity index (χ1n) is 7.44. The van der Waals surface area contributed by atoms with Gasteiger partial charge in [0.25, 0.3) is 5.91 Å². The molecule has 0 saturated carbocycles. The van der Waals surface area contributed by atoms with Crippen LogP contribution in [0.25, 0.3) is 0 Å². The van der Waals surface area contributed by atoms with Crippen LogP contribution in [0.4, 0.5) is 0 Å². The fourth-order valence-electron chi connectivity index (χ4n) is 1.99. The molecule has 6 nitrogen and oxygen atoms in total. The molecule has 1 N–H and O–H groups in total. The molecule has 0 aliphatic rings. The lowest BCUT2D eigenvalue weighted by Crippen LogP contribution is -2.44. The number of benzene rings is 1. The smallest absolute Gasteiger partial charge is 0.251 e. The second kappa shape index (κ2) is 9.15. The first-order valence-corrected chi connectivity index (χ1v) is 7.82. The summed E-state index contributed by atoms with van der Waals surface area (Å²) in [6.45, 7) is 4.79. The van der Waals surface area contributed by atoms with Crippen LogP contribution in [0.5, 0.6) is 0 Å². The average molecular weight is 340 g/mol. The van der Waals surface area contributed by atoms with Gasteiger partial charge in [-0.2, -0.15) is 0 Å². The normalized spacial score (nSPS) is 10.1. The number of amides is 3. The summed E-state index contributed by atoms with van der Waals surface area (Å²) in [6.07, 6.45) is 0. The van der Waals surface area contributed by atoms with E-state index in [0.717, 1.165) is 0 Å². The van der Waals surface area contributed by atoms with Crippen LogP contribution in [0.1, 0.15) is 24.2 Å². The minimum absolute atomic E-state index is 0.00640. The van der Waals surface area contributed by atoms with Crippen LogP contribution in [0.2, 0.25) is 5.02 Å². The quantitative estimate of drug-likeness (QED) is 0.816. The number of halogens is 1. The van der Waals surface area contributed by atoms with Crippen LogP contribution in [0.3, 0.4) is 0 Å². The summed E-state index contributed by atoms with van der Waals surface area (Å²) in [4.78, 5) is 38.8. The highest BCUT2D eigenvalue weighted by atomic mass is 35.5. The Morgan fingerprint density at radius 3 is 2.35 bits per heavy atom. The number of hydrogen-bond acceptors (Lipinski definition) is 3. The van der Waals surface area contributed by atoms with Crippen molar-refractivity contribution in [2.45, 2.75) is 13.8 Å². The van der Waals surface area contributed by atoms with Gasteiger partial charge in [-0.1, -0.05) is 17.7 Å². The highest BCUT2D eigenvalue weighted by Gasteiger charge is 2.17. The predicted molar refractivity (Wildman–Crippen MR) is 89.4 cm³/mol. The van der Waals surface area contributed by atoms with Crippen molar-refractivity contribution in [2.24, 2.45) is 0 Å². The van der Waals surface area contributed by atoms with Crippen LogP contribution in [-0.2, 0) is 9.59 Å². The Labute approximate surface area is 141 Å². The minimum atomic E-state index is -0.385. The third-order valence-electron chi connectivity index (χ3n) is 3.40. The number of carbonyl (C=O) groups excluding carboxylic acids is 3. The summed E-state index contributed by atoms with van der Waals surface area (Å²) in [7, 11) is 1.54. The van der Waals surface area contributed by atoms with Crippen molar-refractivity contribution >= 4 is 29.3 Å². The zero-order chi connectivity index (χ0) is 17.4. The van der Waals surface area contributed by atoms with Gasteiger partial charge in [0, 0.05) is 30.7 Å². The molecule has 23 heavy (non-hydrogen) atoms. The van der Waals surface area contributed by atoms with E-state index in [4.69, 9.17) is 11.6 Å². The number of carbonyl (C=O) groups is 3. The van der Waals surface area contributed by atoms with Crippen LogP contribution < -0.4 is 5.32 Å². The van der Waals surface area contributed by atoms with Gasteiger partial charge >= 0.3 is 0 Å². The maximum Gasteiger partial charge on any atom is 0.251 e. The Bertz CT molecular complexity index is 573. The van der Waals surface area contributed by atoms with Crippen molar-refractivity contribution in [3.63, 3.8) is 0 Å². The topological polar surface area (TPSA) is 69.7 Å². The fourth-order valence-corrected chi connectivity index (χ4v) is 2.18. The second-order valence-electron chi connectivity index (χ2n) is 5.01. The number of nitrogens with one attached hydrogen (secondary N) is 1. The summed E-state index contributed by atoms with van der Waals surface area (Å²) in [5.41, 5.74) is 0.382. The van der Waals surface area contributed by atoms with E-state index in [-0.39, 0.29) is 30.8 Å². The molecule has 1 aromatic rings. The van der Waals surface area contributed by atoms with Crippen LogP contribution >= 0.6 is 11.6 Å². The molecule has 0 aliphatic carbocycles. The maximum absolute atomic E-state index is 12.0. The summed E-state index contributed by atoms with van der Waals surface area (Å²) in [5.74, 6) is -0.836. The van der Waals surface area contributed by atoms with E-state index in [2.05, 4.69) is 5.32 Å². The van der Waals surface area contributed by atoms with Crippen molar-refractivity contribution in [2.75, 3.05) is 33.2 Å². The number of rotatable bonds is 7. The van der Waals surface area contributed by atoms with Crippen molar-refractivity contribution < 1.29 is 14.4 Å². The monoisotopic (exact) mass is 339 g/mol. The molecule has 0 radical (unpaired) electrons. The van der Waals surface area contributed by atoms with Gasteiger partial charge in [0.05, 0.1) is 13.1 Å². The summed E-state index contributed by atoms with van der Waals surface area (Å²) < 4.78 is 0. The van der Waals surface area contributed by atoms with Gasteiger partial charge in [-0.25, -0.2) is 0 Å². The van der Waals surface area contributed by atoms with Gasteiger partial charge in [-0.05, 0) is 32.0 Å². The van der Waals surface area contributed by atoms with E-state index in [1.807, 2.05) is 13.8 Å². The van der Waals surface area contributed by atoms with Gasteiger partial charge in [-0.3, -0.25) is 14.4 Å². The molecule has 0 bridgehead atoms. The highest BCUT2D eigenvalue weighted by molar-refractivity contribution is 6.30. The molecule has 1 rings (SSSR count). The van der Waals surface area contributed by atoms with E-state index in [1.54, 1.807) is 23.1 Å². The molecule has 7 heteroatoms. The van der Waals surface area contributed by atoms with Gasteiger partial charge in [-0.15, -0.1) is 0 Å². The Hall–Kier alpha value is -2.08. The molecule has 0 unspecified atom stereocenters. The zero-order valence-corrected chi connectivity index (χ0v) is 14.4. The lowest BCUT2D eigenvalue weighted by atomic mass is 10.2. The summed E-state index contributed by atoms with van der Waals surface area (Å²) >= 11 is 5.82. The van der Waals surface area contributed by atoms with Crippen LogP contribution in [0.15, 0.2) is 24.3 Å². The van der Waals surface area contributed by atoms with E-state index in [9.17, 15) is 14.4 Å². The lowest BCUT2D eigenvalue weighted by Gasteiger charge is -2.23. The van der Waals surface area contributed by atoms with Gasteiger partial charge in [0.2, 0.25) is 11.8 Å². The Balaban J connectivity index is 2.49. The Morgan fingerprint density at radius 1 is 1.13 bits per heavy atom. The highest BCUT2D eigenvalue weighted by Crippen LogP contribution is 2.10. The third kappa shape index (κ3) is 5.90. The Kier molecular flexibility index (Phi) is 7.54. The number of nitrogens with zero attached hydrogens (tertiary/aromatic N) is 2. The molecule has 126 valence electrons. The first-order chi connectivity index (χ1) is 10.9. The predicted octanol–water partition coefficient (Wildman–Crippen LogP) is 1.40. The third-order valence-corrected chi connectivity index (χ3v) is 3.64. The average Bonchev–Trinajstić information content (AvgIpc) is 2.53. The van der Waals surface area contributed by atoms with Crippen molar-refractivity contribution in [1.29, 1.82) is 0 Å². The van der Waals surface area contributed by atoms with Gasteiger partial charge < -0.3 is 15.1 Å². The van der Waals surface area contributed by atoms with Crippen molar-refractivity contribution in [1.82, 2.24) is 15.1 Å². The molecular formula is C16H22ClN3O3. The maximum atomic E-state index is 12.0. The SMILES string of the molecule is CCN(CC)C(=O)CN(C)C(=O)CNC(=O)c1cccc(Cl)c1. The molecule has 0 heterocycles. The molecular weight excluding hydrogens is 318 g/mol. The lowest BCUT2D eigenvalue weighted by molar-refractivity contribution is -0.138. The van der Waals surface area contributed by atoms with Crippen molar-refractivity contribution in [3.8, 4) is 0 Å². The summed E-state index contributed by atoms with van der Waals surface area (Å²) in [6, 6.07) is 6.46. The number of hydrogen-bond donors (Lipinski definition) is 1. The van der Waals surface area contributed by atoms with E-state index in [0.29, 0.717) is 23.7 Å². The van der Waals surface area contributed by atoms with Gasteiger partial charge in [0.15, 0.2) is 0 Å². The fraction of sp³-hybridized carbons (Fsp3) is 0.438. The van der Waals surface area contributed by atoms with E-state index < -0.39 is 0 Å². The van der Waals surface area contributed by atoms with Crippen LogP contribution in [-0.4, -0.2) is 60.7 Å². The van der Waals surface area contributed by atoms with Gasteiger partial charge in [0.1, 0.15) is 0 Å². The minimum Gasteiger partial charge on any atom is -0.343 e. The molecule has 0 atom stereocenters. The number of likely N-dealkylation sites (N-methyl/N-ethyl adjacent to an activating group) is 2.